The van der Waals surface area contributed by atoms with Crippen LogP contribution in [0.1, 0.15) is 22.7 Å². The summed E-state index contributed by atoms with van der Waals surface area (Å²) in [6.45, 7) is 4.29. The summed E-state index contributed by atoms with van der Waals surface area (Å²) in [4.78, 5) is 2.74. The van der Waals surface area contributed by atoms with Crippen molar-refractivity contribution < 1.29 is 0 Å². The highest BCUT2D eigenvalue weighted by molar-refractivity contribution is 9.10. The maximum absolute atomic E-state index is 3.50. The Kier molecular flexibility index (Phi) is 3.10. The van der Waals surface area contributed by atoms with Crippen LogP contribution >= 0.6 is 27.3 Å². The highest BCUT2D eigenvalue weighted by Gasteiger charge is 2.07. The van der Waals surface area contributed by atoms with Crippen molar-refractivity contribution in [3.63, 3.8) is 0 Å². The largest absolute Gasteiger partial charge is 0.313 e. The standard InChI is InChI=1S/C8H12BrNS/c1-5(10-3)8-4-7(9)6(2)11-8/h4-5,10H,1-3H3. The quantitative estimate of drug-likeness (QED) is 0.829. The van der Waals surface area contributed by atoms with Gasteiger partial charge in [0.15, 0.2) is 0 Å². The van der Waals surface area contributed by atoms with E-state index >= 15 is 0 Å². The van der Waals surface area contributed by atoms with Gasteiger partial charge in [0.1, 0.15) is 0 Å². The van der Waals surface area contributed by atoms with E-state index in [-0.39, 0.29) is 0 Å². The molecular formula is C8H12BrNS. The van der Waals surface area contributed by atoms with Crippen molar-refractivity contribution >= 4 is 27.3 Å². The molecule has 1 atom stereocenters. The molecule has 0 saturated carbocycles. The number of hydrogen-bond donors (Lipinski definition) is 1. The van der Waals surface area contributed by atoms with Crippen molar-refractivity contribution in [2.24, 2.45) is 0 Å². The Morgan fingerprint density at radius 3 is 2.64 bits per heavy atom. The minimum atomic E-state index is 0.463. The first kappa shape index (κ1) is 9.23. The fraction of sp³-hybridized carbons (Fsp3) is 0.500. The Balaban J connectivity index is 2.88. The zero-order valence-corrected chi connectivity index (χ0v) is 9.34. The van der Waals surface area contributed by atoms with Gasteiger partial charge in [-0.25, -0.2) is 0 Å². The number of nitrogens with one attached hydrogen (secondary N) is 1. The van der Waals surface area contributed by atoms with Gasteiger partial charge in [0.25, 0.3) is 0 Å². The molecule has 1 nitrogen and oxygen atoms in total. The van der Waals surface area contributed by atoms with Crippen LogP contribution < -0.4 is 5.32 Å². The molecule has 0 bridgehead atoms. The lowest BCUT2D eigenvalue weighted by Crippen LogP contribution is -2.10. The molecule has 0 spiro atoms. The van der Waals surface area contributed by atoms with E-state index in [1.54, 1.807) is 0 Å². The predicted molar refractivity (Wildman–Crippen MR) is 54.2 cm³/mol. The van der Waals surface area contributed by atoms with E-state index in [9.17, 15) is 0 Å². The van der Waals surface area contributed by atoms with Crippen LogP contribution in [0.25, 0.3) is 0 Å². The summed E-state index contributed by atoms with van der Waals surface area (Å²) in [5, 5.41) is 3.21. The van der Waals surface area contributed by atoms with Crippen molar-refractivity contribution in [1.82, 2.24) is 5.32 Å². The molecule has 1 aromatic heterocycles. The summed E-state index contributed by atoms with van der Waals surface area (Å²) in [7, 11) is 1.98. The van der Waals surface area contributed by atoms with E-state index in [1.165, 1.54) is 14.2 Å². The lowest BCUT2D eigenvalue weighted by atomic mass is 10.3. The minimum Gasteiger partial charge on any atom is -0.313 e. The molecule has 0 saturated heterocycles. The second-order valence-electron chi connectivity index (χ2n) is 2.56. The molecule has 62 valence electrons. The van der Waals surface area contributed by atoms with E-state index in [0.717, 1.165) is 0 Å². The first-order valence-corrected chi connectivity index (χ1v) is 5.19. The molecule has 0 amide bonds. The first-order valence-electron chi connectivity index (χ1n) is 3.58. The first-order chi connectivity index (χ1) is 5.15. The molecule has 0 aliphatic carbocycles. The second-order valence-corrected chi connectivity index (χ2v) is 4.71. The topological polar surface area (TPSA) is 12.0 Å². The van der Waals surface area contributed by atoms with Crippen LogP contribution in [0.2, 0.25) is 0 Å². The summed E-state index contributed by atoms with van der Waals surface area (Å²) in [6.07, 6.45) is 0. The normalized spacial score (nSPS) is 13.5. The molecule has 0 radical (unpaired) electrons. The summed E-state index contributed by atoms with van der Waals surface area (Å²) >= 11 is 5.33. The van der Waals surface area contributed by atoms with Gasteiger partial charge in [0, 0.05) is 20.3 Å². The maximum atomic E-state index is 3.50. The molecule has 1 aromatic rings. The molecule has 1 N–H and O–H groups in total. The van der Waals surface area contributed by atoms with Crippen LogP contribution in [0.3, 0.4) is 0 Å². The minimum absolute atomic E-state index is 0.463. The van der Waals surface area contributed by atoms with Gasteiger partial charge in [-0.3, -0.25) is 0 Å². The second kappa shape index (κ2) is 3.70. The predicted octanol–water partition coefficient (Wildman–Crippen LogP) is 3.10. The van der Waals surface area contributed by atoms with Crippen molar-refractivity contribution in [1.29, 1.82) is 0 Å². The number of aryl methyl sites for hydroxylation is 1. The van der Waals surface area contributed by atoms with E-state index in [1.807, 2.05) is 18.4 Å². The number of thiophene rings is 1. The van der Waals surface area contributed by atoms with Crippen LogP contribution in [0, 0.1) is 6.92 Å². The smallest absolute Gasteiger partial charge is 0.0384 e. The highest BCUT2D eigenvalue weighted by Crippen LogP contribution is 2.29. The lowest BCUT2D eigenvalue weighted by molar-refractivity contribution is 0.664. The van der Waals surface area contributed by atoms with Gasteiger partial charge in [-0.2, -0.15) is 0 Å². The fourth-order valence-corrected chi connectivity index (χ4v) is 2.46. The van der Waals surface area contributed by atoms with Crippen LogP contribution in [-0.4, -0.2) is 7.05 Å². The Labute approximate surface area is 79.9 Å². The molecule has 0 aliphatic heterocycles. The Morgan fingerprint density at radius 2 is 2.27 bits per heavy atom. The maximum Gasteiger partial charge on any atom is 0.0384 e. The monoisotopic (exact) mass is 233 g/mol. The molecular weight excluding hydrogens is 222 g/mol. The SMILES string of the molecule is CNC(C)c1cc(Br)c(C)s1. The Morgan fingerprint density at radius 1 is 1.64 bits per heavy atom. The third kappa shape index (κ3) is 2.04. The molecule has 1 rings (SSSR count). The molecule has 1 unspecified atom stereocenters. The third-order valence-electron chi connectivity index (χ3n) is 1.74. The molecule has 0 fully saturated rings. The average molecular weight is 234 g/mol. The Hall–Kier alpha value is 0.140. The van der Waals surface area contributed by atoms with Crippen molar-refractivity contribution in [2.75, 3.05) is 7.05 Å². The summed E-state index contributed by atoms with van der Waals surface area (Å²) in [5.41, 5.74) is 0. The van der Waals surface area contributed by atoms with E-state index in [0.29, 0.717) is 6.04 Å². The van der Waals surface area contributed by atoms with Crippen LogP contribution in [-0.2, 0) is 0 Å². The van der Waals surface area contributed by atoms with Gasteiger partial charge >= 0.3 is 0 Å². The van der Waals surface area contributed by atoms with Gasteiger partial charge in [-0.05, 0) is 42.9 Å². The summed E-state index contributed by atoms with van der Waals surface area (Å²) < 4.78 is 1.22. The van der Waals surface area contributed by atoms with Gasteiger partial charge in [-0.1, -0.05) is 0 Å². The number of hydrogen-bond acceptors (Lipinski definition) is 2. The lowest BCUT2D eigenvalue weighted by Gasteiger charge is -2.05. The zero-order valence-electron chi connectivity index (χ0n) is 6.94. The van der Waals surface area contributed by atoms with Crippen molar-refractivity contribution in [3.05, 3.63) is 20.3 Å². The van der Waals surface area contributed by atoms with E-state index in [2.05, 4.69) is 41.2 Å². The van der Waals surface area contributed by atoms with Crippen LogP contribution in [0.5, 0.6) is 0 Å². The average Bonchev–Trinajstić information content (AvgIpc) is 2.31. The third-order valence-corrected chi connectivity index (χ3v) is 4.06. The van der Waals surface area contributed by atoms with Crippen molar-refractivity contribution in [2.45, 2.75) is 19.9 Å². The van der Waals surface area contributed by atoms with Gasteiger partial charge < -0.3 is 5.32 Å². The van der Waals surface area contributed by atoms with Crippen LogP contribution in [0.15, 0.2) is 10.5 Å². The number of halogens is 1. The summed E-state index contributed by atoms with van der Waals surface area (Å²) in [5.74, 6) is 0. The highest BCUT2D eigenvalue weighted by atomic mass is 79.9. The van der Waals surface area contributed by atoms with Gasteiger partial charge in [0.05, 0.1) is 0 Å². The molecule has 0 aliphatic rings. The van der Waals surface area contributed by atoms with Crippen LogP contribution in [0.4, 0.5) is 0 Å². The van der Waals surface area contributed by atoms with E-state index < -0.39 is 0 Å². The molecule has 3 heteroatoms. The number of rotatable bonds is 2. The van der Waals surface area contributed by atoms with Gasteiger partial charge in [0.2, 0.25) is 0 Å². The fourth-order valence-electron chi connectivity index (χ4n) is 0.837. The van der Waals surface area contributed by atoms with E-state index in [4.69, 9.17) is 0 Å². The zero-order chi connectivity index (χ0) is 8.43. The molecule has 0 aromatic carbocycles. The molecule has 11 heavy (non-hydrogen) atoms. The van der Waals surface area contributed by atoms with Gasteiger partial charge in [-0.15, -0.1) is 11.3 Å². The Bertz CT molecular complexity index is 225. The molecule has 1 heterocycles. The van der Waals surface area contributed by atoms with Crippen molar-refractivity contribution in [3.8, 4) is 0 Å². The summed E-state index contributed by atoms with van der Waals surface area (Å²) in [6, 6.07) is 2.64.